The predicted molar refractivity (Wildman–Crippen MR) is 103 cm³/mol. The molecule has 2 aromatic rings. The second kappa shape index (κ2) is 8.81. The van der Waals surface area contributed by atoms with E-state index in [1.54, 1.807) is 24.4 Å². The summed E-state index contributed by atoms with van der Waals surface area (Å²) < 4.78 is 5.54. The largest absolute Gasteiger partial charge is 0.485 e. The molecule has 6 nitrogen and oxygen atoms in total. The van der Waals surface area contributed by atoms with Crippen molar-refractivity contribution in [3.63, 3.8) is 0 Å². The number of rotatable bonds is 7. The fourth-order valence-electron chi connectivity index (χ4n) is 2.71. The van der Waals surface area contributed by atoms with Crippen LogP contribution in [0.5, 0.6) is 5.75 Å². The third kappa shape index (κ3) is 5.40. The number of hydrogen-bond acceptors (Lipinski definition) is 6. The lowest BCUT2D eigenvalue weighted by molar-refractivity contribution is -0.120. The zero-order chi connectivity index (χ0) is 19.2. The fraction of sp³-hybridized carbons (Fsp3) is 0.300. The van der Waals surface area contributed by atoms with E-state index >= 15 is 0 Å². The molecule has 1 atom stereocenters. The Bertz CT molecular complexity index is 818. The molecule has 3 rings (SSSR count). The third-order valence-corrected chi connectivity index (χ3v) is 5.19. The Kier molecular flexibility index (Phi) is 6.24. The summed E-state index contributed by atoms with van der Waals surface area (Å²) in [5, 5.41) is 1.92. The summed E-state index contributed by atoms with van der Waals surface area (Å²) in [5.74, 6) is 0.176. The SMILES string of the molecule is CCc1ccc(C(=O)COc2ccc(CC3CC(=O)NC(=O)S3)cc2)nc1. The van der Waals surface area contributed by atoms with Crippen molar-refractivity contribution in [1.29, 1.82) is 0 Å². The number of Topliss-reactive ketones (excluding diaryl/α,β-unsaturated/α-hetero) is 1. The molecule has 1 aliphatic rings. The van der Waals surface area contributed by atoms with E-state index in [-0.39, 0.29) is 28.8 Å². The van der Waals surface area contributed by atoms with Gasteiger partial charge in [-0.15, -0.1) is 0 Å². The summed E-state index contributed by atoms with van der Waals surface area (Å²) in [6.45, 7) is 1.95. The molecular weight excluding hydrogens is 364 g/mol. The van der Waals surface area contributed by atoms with Gasteiger partial charge in [-0.25, -0.2) is 0 Å². The molecule has 2 amide bonds. The molecule has 0 saturated carbocycles. The molecule has 1 fully saturated rings. The number of nitrogens with one attached hydrogen (secondary N) is 1. The minimum Gasteiger partial charge on any atom is -0.485 e. The topological polar surface area (TPSA) is 85.4 Å². The van der Waals surface area contributed by atoms with Gasteiger partial charge in [0, 0.05) is 17.9 Å². The highest BCUT2D eigenvalue weighted by Gasteiger charge is 2.25. The van der Waals surface area contributed by atoms with Crippen LogP contribution in [-0.2, 0) is 17.6 Å². The molecule has 0 aliphatic carbocycles. The summed E-state index contributed by atoms with van der Waals surface area (Å²) in [6, 6.07) is 10.9. The zero-order valence-corrected chi connectivity index (χ0v) is 15.8. The number of pyridine rings is 1. The lowest BCUT2D eigenvalue weighted by atomic mass is 10.1. The standard InChI is InChI=1S/C20H20N2O4S/c1-2-13-5-8-17(21-11-13)18(23)12-26-15-6-3-14(4-7-15)9-16-10-19(24)22-20(25)27-16/h3-8,11,16H,2,9-10,12H2,1H3,(H,22,24,25). The number of aromatic nitrogens is 1. The van der Waals surface area contributed by atoms with Crippen molar-refractivity contribution in [1.82, 2.24) is 10.3 Å². The van der Waals surface area contributed by atoms with Crippen LogP contribution in [0.2, 0.25) is 0 Å². The smallest absolute Gasteiger partial charge is 0.285 e. The number of thioether (sulfide) groups is 1. The molecule has 1 aromatic heterocycles. The van der Waals surface area contributed by atoms with Gasteiger partial charge in [-0.05, 0) is 42.2 Å². The number of carbonyl (C=O) groups excluding carboxylic acids is 3. The van der Waals surface area contributed by atoms with Gasteiger partial charge in [-0.3, -0.25) is 24.7 Å². The number of ether oxygens (including phenoxy) is 1. The summed E-state index contributed by atoms with van der Waals surface area (Å²) in [4.78, 5) is 39.1. The first kappa shape index (κ1) is 19.1. The van der Waals surface area contributed by atoms with Crippen molar-refractivity contribution in [3.8, 4) is 5.75 Å². The average Bonchev–Trinajstić information content (AvgIpc) is 2.66. The van der Waals surface area contributed by atoms with E-state index in [1.807, 2.05) is 25.1 Å². The Morgan fingerprint density at radius 3 is 2.56 bits per heavy atom. The highest BCUT2D eigenvalue weighted by Crippen LogP contribution is 2.24. The normalized spacial score (nSPS) is 16.7. The van der Waals surface area contributed by atoms with Crippen molar-refractivity contribution in [2.24, 2.45) is 0 Å². The van der Waals surface area contributed by atoms with Gasteiger partial charge >= 0.3 is 0 Å². The molecule has 140 valence electrons. The molecule has 1 aromatic carbocycles. The Hall–Kier alpha value is -2.67. The third-order valence-electron chi connectivity index (χ3n) is 4.20. The predicted octanol–water partition coefficient (Wildman–Crippen LogP) is 3.19. The highest BCUT2D eigenvalue weighted by atomic mass is 32.2. The minimum absolute atomic E-state index is 0.0586. The van der Waals surface area contributed by atoms with Crippen LogP contribution in [0.3, 0.4) is 0 Å². The maximum atomic E-state index is 12.1. The molecule has 1 aliphatic heterocycles. The number of aryl methyl sites for hydroxylation is 1. The number of carbonyl (C=O) groups is 3. The second-order valence-electron chi connectivity index (χ2n) is 6.24. The van der Waals surface area contributed by atoms with Crippen LogP contribution in [0.4, 0.5) is 4.79 Å². The van der Waals surface area contributed by atoms with E-state index in [0.29, 0.717) is 24.3 Å². The van der Waals surface area contributed by atoms with E-state index in [9.17, 15) is 14.4 Å². The molecule has 0 spiro atoms. The number of ketones is 1. The quantitative estimate of drug-likeness (QED) is 0.738. The van der Waals surface area contributed by atoms with E-state index in [4.69, 9.17) is 4.74 Å². The molecule has 1 N–H and O–H groups in total. The summed E-state index contributed by atoms with van der Waals surface area (Å²) in [5.41, 5.74) is 2.48. The summed E-state index contributed by atoms with van der Waals surface area (Å²) >= 11 is 1.15. The number of imide groups is 1. The minimum atomic E-state index is -0.296. The average molecular weight is 384 g/mol. The van der Waals surface area contributed by atoms with Crippen molar-refractivity contribution in [2.75, 3.05) is 6.61 Å². The maximum absolute atomic E-state index is 12.1. The molecule has 27 heavy (non-hydrogen) atoms. The second-order valence-corrected chi connectivity index (χ2v) is 7.52. The number of nitrogens with zero attached hydrogens (tertiary/aromatic N) is 1. The molecule has 1 unspecified atom stereocenters. The monoisotopic (exact) mass is 384 g/mol. The number of hydrogen-bond donors (Lipinski definition) is 1. The Morgan fingerprint density at radius 2 is 1.93 bits per heavy atom. The van der Waals surface area contributed by atoms with Crippen molar-refractivity contribution >= 4 is 28.7 Å². The van der Waals surface area contributed by atoms with Gasteiger partial charge in [0.15, 0.2) is 6.61 Å². The van der Waals surface area contributed by atoms with Crippen LogP contribution in [0, 0.1) is 0 Å². The lowest BCUT2D eigenvalue weighted by Crippen LogP contribution is -2.36. The van der Waals surface area contributed by atoms with Gasteiger partial charge in [-0.1, -0.05) is 36.9 Å². The summed E-state index contributed by atoms with van der Waals surface area (Å²) in [7, 11) is 0. The van der Waals surface area contributed by atoms with Crippen LogP contribution in [0.25, 0.3) is 0 Å². The summed E-state index contributed by atoms with van der Waals surface area (Å²) in [6.07, 6.45) is 3.53. The first-order valence-electron chi connectivity index (χ1n) is 8.74. The zero-order valence-electron chi connectivity index (χ0n) is 14.9. The van der Waals surface area contributed by atoms with E-state index in [0.717, 1.165) is 29.3 Å². The van der Waals surface area contributed by atoms with Gasteiger partial charge in [0.05, 0.1) is 0 Å². The van der Waals surface area contributed by atoms with Crippen LogP contribution in [-0.4, -0.2) is 33.8 Å². The van der Waals surface area contributed by atoms with E-state index < -0.39 is 0 Å². The number of benzene rings is 1. The number of amides is 2. The molecule has 1 saturated heterocycles. The van der Waals surface area contributed by atoms with Gasteiger partial charge in [0.1, 0.15) is 11.4 Å². The molecule has 7 heteroatoms. The Morgan fingerprint density at radius 1 is 1.19 bits per heavy atom. The Balaban J connectivity index is 1.52. The molecule has 0 bridgehead atoms. The maximum Gasteiger partial charge on any atom is 0.285 e. The van der Waals surface area contributed by atoms with Crippen LogP contribution >= 0.6 is 11.8 Å². The van der Waals surface area contributed by atoms with Crippen molar-refractivity contribution in [2.45, 2.75) is 31.4 Å². The van der Waals surface area contributed by atoms with Gasteiger partial charge in [-0.2, -0.15) is 0 Å². The molecular formula is C20H20N2O4S. The highest BCUT2D eigenvalue weighted by molar-refractivity contribution is 8.14. The fourth-order valence-corrected chi connectivity index (χ4v) is 3.70. The first-order valence-corrected chi connectivity index (χ1v) is 9.61. The van der Waals surface area contributed by atoms with Crippen LogP contribution < -0.4 is 10.1 Å². The van der Waals surface area contributed by atoms with Crippen LogP contribution in [0.1, 0.15) is 35.0 Å². The van der Waals surface area contributed by atoms with Gasteiger partial charge in [0.2, 0.25) is 11.7 Å². The molecule has 0 radical (unpaired) electrons. The van der Waals surface area contributed by atoms with Gasteiger partial charge in [0.25, 0.3) is 5.24 Å². The van der Waals surface area contributed by atoms with E-state index in [1.165, 1.54) is 0 Å². The lowest BCUT2D eigenvalue weighted by Gasteiger charge is -2.20. The van der Waals surface area contributed by atoms with Crippen LogP contribution in [0.15, 0.2) is 42.6 Å². The van der Waals surface area contributed by atoms with Crippen molar-refractivity contribution < 1.29 is 19.1 Å². The molecule has 2 heterocycles. The first-order chi connectivity index (χ1) is 13.0. The van der Waals surface area contributed by atoms with Crippen molar-refractivity contribution in [3.05, 3.63) is 59.4 Å². The Labute approximate surface area is 161 Å². The van der Waals surface area contributed by atoms with Gasteiger partial charge < -0.3 is 4.74 Å². The van der Waals surface area contributed by atoms with E-state index in [2.05, 4.69) is 10.3 Å².